The molecule has 0 atom stereocenters. The van der Waals surface area contributed by atoms with Crippen LogP contribution in [0.15, 0.2) is 33.3 Å². The summed E-state index contributed by atoms with van der Waals surface area (Å²) in [6.45, 7) is 4.46. The van der Waals surface area contributed by atoms with Crippen LogP contribution in [0.5, 0.6) is 0 Å². The molecule has 0 amide bonds. The Morgan fingerprint density at radius 3 is 2.83 bits per heavy atom. The van der Waals surface area contributed by atoms with Gasteiger partial charge in [-0.15, -0.1) is 0 Å². The van der Waals surface area contributed by atoms with Crippen molar-refractivity contribution in [2.75, 3.05) is 6.54 Å². The zero-order chi connectivity index (χ0) is 13.2. The molecule has 1 aromatic heterocycles. The number of nitrogens with two attached hydrogens (primary N) is 1. The van der Waals surface area contributed by atoms with Crippen LogP contribution in [-0.4, -0.2) is 16.7 Å². The topological polar surface area (TPSA) is 64.9 Å². The smallest absolute Gasteiger partial charge is 0.233 e. The molecule has 2 N–H and O–H groups in total. The van der Waals surface area contributed by atoms with Crippen LogP contribution in [0.25, 0.3) is 0 Å². The van der Waals surface area contributed by atoms with Gasteiger partial charge in [0, 0.05) is 17.4 Å². The minimum absolute atomic E-state index is 0.275. The van der Waals surface area contributed by atoms with Crippen LogP contribution in [0, 0.1) is 0 Å². The van der Waals surface area contributed by atoms with Crippen molar-refractivity contribution in [2.45, 2.75) is 25.7 Å². The van der Waals surface area contributed by atoms with Gasteiger partial charge in [0.25, 0.3) is 0 Å². The van der Waals surface area contributed by atoms with Crippen LogP contribution >= 0.6 is 15.9 Å². The van der Waals surface area contributed by atoms with Crippen molar-refractivity contribution in [3.63, 3.8) is 0 Å². The first-order valence-electron chi connectivity index (χ1n) is 5.79. The van der Waals surface area contributed by atoms with Crippen molar-refractivity contribution < 1.29 is 4.52 Å². The lowest BCUT2D eigenvalue weighted by Crippen LogP contribution is -2.28. The Bertz CT molecular complexity index is 537. The first-order valence-corrected chi connectivity index (χ1v) is 6.58. The molecule has 0 radical (unpaired) electrons. The summed E-state index contributed by atoms with van der Waals surface area (Å²) in [5.74, 6) is 1.28. The van der Waals surface area contributed by atoms with Crippen LogP contribution in [-0.2, 0) is 11.8 Å². The molecule has 2 rings (SSSR count). The molecule has 0 saturated carbocycles. The third kappa shape index (κ3) is 2.97. The van der Waals surface area contributed by atoms with Gasteiger partial charge in [-0.25, -0.2) is 0 Å². The molecule has 0 fully saturated rings. The highest BCUT2D eigenvalue weighted by molar-refractivity contribution is 9.10. The average molecular weight is 310 g/mol. The van der Waals surface area contributed by atoms with E-state index >= 15 is 0 Å². The predicted molar refractivity (Wildman–Crippen MR) is 73.3 cm³/mol. The second-order valence-electron chi connectivity index (χ2n) is 4.91. The van der Waals surface area contributed by atoms with Gasteiger partial charge in [0.15, 0.2) is 5.82 Å². The fraction of sp³-hybridized carbons (Fsp3) is 0.385. The minimum atomic E-state index is -0.275. The summed E-state index contributed by atoms with van der Waals surface area (Å²) in [6.07, 6.45) is 0.656. The Balaban J connectivity index is 2.16. The first-order chi connectivity index (χ1) is 8.51. The van der Waals surface area contributed by atoms with Crippen LogP contribution in [0.3, 0.4) is 0 Å². The monoisotopic (exact) mass is 309 g/mol. The highest BCUT2D eigenvalue weighted by Crippen LogP contribution is 2.20. The summed E-state index contributed by atoms with van der Waals surface area (Å²) in [4.78, 5) is 4.40. The summed E-state index contributed by atoms with van der Waals surface area (Å²) < 4.78 is 6.32. The summed E-state index contributed by atoms with van der Waals surface area (Å²) in [6, 6.07) is 8.06. The SMILES string of the molecule is CC(C)(CN)c1nc(Cc2cccc(Br)c2)no1. The van der Waals surface area contributed by atoms with E-state index < -0.39 is 0 Å². The van der Waals surface area contributed by atoms with E-state index in [1.807, 2.05) is 38.1 Å². The third-order valence-electron chi connectivity index (χ3n) is 2.81. The molecule has 5 heteroatoms. The van der Waals surface area contributed by atoms with Gasteiger partial charge < -0.3 is 10.3 Å². The van der Waals surface area contributed by atoms with Gasteiger partial charge in [0.05, 0.1) is 5.41 Å². The Morgan fingerprint density at radius 2 is 2.17 bits per heavy atom. The fourth-order valence-electron chi connectivity index (χ4n) is 1.52. The van der Waals surface area contributed by atoms with Crippen molar-refractivity contribution in [1.29, 1.82) is 0 Å². The molecule has 0 spiro atoms. The van der Waals surface area contributed by atoms with E-state index in [0.29, 0.717) is 24.7 Å². The molecular formula is C13H16BrN3O. The highest BCUT2D eigenvalue weighted by Gasteiger charge is 2.25. The van der Waals surface area contributed by atoms with Gasteiger partial charge in [0.2, 0.25) is 5.89 Å². The molecular weight excluding hydrogens is 294 g/mol. The Hall–Kier alpha value is -1.20. The number of rotatable bonds is 4. The Labute approximate surface area is 115 Å². The molecule has 0 bridgehead atoms. The second-order valence-corrected chi connectivity index (χ2v) is 5.83. The van der Waals surface area contributed by atoms with Crippen molar-refractivity contribution in [3.05, 3.63) is 46.0 Å². The molecule has 0 saturated heterocycles. The zero-order valence-electron chi connectivity index (χ0n) is 10.5. The predicted octanol–water partition coefficient (Wildman–Crippen LogP) is 2.66. The zero-order valence-corrected chi connectivity index (χ0v) is 12.1. The lowest BCUT2D eigenvalue weighted by molar-refractivity contribution is 0.309. The first kappa shape index (κ1) is 13.2. The molecule has 0 aliphatic carbocycles. The summed E-state index contributed by atoms with van der Waals surface area (Å²) in [7, 11) is 0. The van der Waals surface area contributed by atoms with E-state index in [9.17, 15) is 0 Å². The van der Waals surface area contributed by atoms with Crippen LogP contribution in [0.2, 0.25) is 0 Å². The van der Waals surface area contributed by atoms with Crippen molar-refractivity contribution in [2.24, 2.45) is 5.73 Å². The van der Waals surface area contributed by atoms with Crippen molar-refractivity contribution in [3.8, 4) is 0 Å². The van der Waals surface area contributed by atoms with E-state index in [-0.39, 0.29) is 5.41 Å². The van der Waals surface area contributed by atoms with Crippen molar-refractivity contribution >= 4 is 15.9 Å². The van der Waals surface area contributed by atoms with E-state index in [4.69, 9.17) is 10.3 Å². The van der Waals surface area contributed by atoms with Gasteiger partial charge in [-0.3, -0.25) is 0 Å². The number of benzene rings is 1. The van der Waals surface area contributed by atoms with Crippen molar-refractivity contribution in [1.82, 2.24) is 10.1 Å². The van der Waals surface area contributed by atoms with Gasteiger partial charge in [-0.2, -0.15) is 4.98 Å². The number of aromatic nitrogens is 2. The van der Waals surface area contributed by atoms with Gasteiger partial charge >= 0.3 is 0 Å². The normalized spacial score (nSPS) is 11.8. The Kier molecular flexibility index (Phi) is 3.82. The quantitative estimate of drug-likeness (QED) is 0.943. The maximum absolute atomic E-state index is 5.69. The van der Waals surface area contributed by atoms with Gasteiger partial charge in [-0.05, 0) is 31.5 Å². The fourth-order valence-corrected chi connectivity index (χ4v) is 1.96. The summed E-state index contributed by atoms with van der Waals surface area (Å²) in [5.41, 5.74) is 6.55. The maximum atomic E-state index is 5.69. The molecule has 2 aromatic rings. The number of nitrogens with zero attached hydrogens (tertiary/aromatic N) is 2. The lowest BCUT2D eigenvalue weighted by atomic mass is 9.94. The molecule has 18 heavy (non-hydrogen) atoms. The molecule has 0 aliphatic rings. The van der Waals surface area contributed by atoms with Crippen LogP contribution in [0.4, 0.5) is 0 Å². The summed E-state index contributed by atoms with van der Waals surface area (Å²) in [5, 5.41) is 4.00. The molecule has 0 aliphatic heterocycles. The van der Waals surface area contributed by atoms with E-state index in [2.05, 4.69) is 26.1 Å². The molecule has 96 valence electrons. The number of hydrogen-bond acceptors (Lipinski definition) is 4. The maximum Gasteiger partial charge on any atom is 0.233 e. The largest absolute Gasteiger partial charge is 0.339 e. The molecule has 0 unspecified atom stereocenters. The van der Waals surface area contributed by atoms with E-state index in [1.165, 1.54) is 0 Å². The molecule has 4 nitrogen and oxygen atoms in total. The molecule has 1 aromatic carbocycles. The third-order valence-corrected chi connectivity index (χ3v) is 3.30. The lowest BCUT2D eigenvalue weighted by Gasteiger charge is -2.15. The standard InChI is InChI=1S/C13H16BrN3O/c1-13(2,8-15)12-16-11(17-18-12)7-9-4-3-5-10(14)6-9/h3-6H,7-8,15H2,1-2H3. The Morgan fingerprint density at radius 1 is 1.39 bits per heavy atom. The summed E-state index contributed by atoms with van der Waals surface area (Å²) >= 11 is 3.44. The second kappa shape index (κ2) is 5.20. The van der Waals surface area contributed by atoms with E-state index in [1.54, 1.807) is 0 Å². The van der Waals surface area contributed by atoms with Gasteiger partial charge in [-0.1, -0.05) is 33.2 Å². The number of hydrogen-bond donors (Lipinski definition) is 1. The van der Waals surface area contributed by atoms with Gasteiger partial charge in [0.1, 0.15) is 0 Å². The van der Waals surface area contributed by atoms with Crippen LogP contribution < -0.4 is 5.73 Å². The molecule has 1 heterocycles. The van der Waals surface area contributed by atoms with E-state index in [0.717, 1.165) is 10.0 Å². The number of halogens is 1. The highest BCUT2D eigenvalue weighted by atomic mass is 79.9. The average Bonchev–Trinajstić information content (AvgIpc) is 2.78. The minimum Gasteiger partial charge on any atom is -0.339 e. The van der Waals surface area contributed by atoms with Crippen LogP contribution in [0.1, 0.15) is 31.1 Å².